The molecule has 0 saturated carbocycles. The van der Waals surface area contributed by atoms with E-state index in [9.17, 15) is 18.0 Å². The highest BCUT2D eigenvalue weighted by atomic mass is 32.2. The molecule has 0 fully saturated rings. The number of thiophene rings is 1. The number of carbonyl (C=O) groups excluding carboxylic acids is 1. The van der Waals surface area contributed by atoms with Crippen molar-refractivity contribution < 1.29 is 23.1 Å². The Hall–Kier alpha value is -1.10. The third kappa shape index (κ3) is 6.37. The Bertz CT molecular complexity index is 541. The first kappa shape index (κ1) is 17.0. The minimum atomic E-state index is -3.63. The van der Waals surface area contributed by atoms with E-state index in [0.717, 1.165) is 11.3 Å². The normalized spacial score (nSPS) is 11.2. The number of nitrogens with one attached hydrogen (secondary N) is 2. The van der Waals surface area contributed by atoms with Gasteiger partial charge in [-0.3, -0.25) is 9.59 Å². The minimum absolute atomic E-state index is 0.0269. The Morgan fingerprint density at radius 2 is 2.15 bits per heavy atom. The smallest absolute Gasteiger partial charge is 0.313 e. The molecule has 0 unspecified atom stereocenters. The average Bonchev–Trinajstić information content (AvgIpc) is 2.90. The van der Waals surface area contributed by atoms with Crippen molar-refractivity contribution in [1.82, 2.24) is 10.0 Å². The van der Waals surface area contributed by atoms with Gasteiger partial charge in [0.15, 0.2) is 0 Å². The summed E-state index contributed by atoms with van der Waals surface area (Å²) in [5.74, 6) is -0.942. The van der Waals surface area contributed by atoms with Gasteiger partial charge >= 0.3 is 5.97 Å². The zero-order valence-electron chi connectivity index (χ0n) is 10.4. The Morgan fingerprint density at radius 1 is 1.40 bits per heavy atom. The molecule has 0 bridgehead atoms. The summed E-state index contributed by atoms with van der Waals surface area (Å²) in [7, 11) is -3.63. The molecule has 0 aromatic carbocycles. The zero-order valence-corrected chi connectivity index (χ0v) is 12.8. The highest BCUT2D eigenvalue weighted by molar-refractivity contribution is 7.99. The summed E-state index contributed by atoms with van der Waals surface area (Å²) in [5.41, 5.74) is 0. The third-order valence-corrected chi connectivity index (χ3v) is 5.72. The van der Waals surface area contributed by atoms with Gasteiger partial charge in [0.25, 0.3) is 10.0 Å². The van der Waals surface area contributed by atoms with Crippen LogP contribution in [0.5, 0.6) is 0 Å². The summed E-state index contributed by atoms with van der Waals surface area (Å²) in [6, 6.07) is 3.06. The molecule has 1 aromatic rings. The second-order valence-corrected chi connectivity index (χ2v) is 7.60. The first-order valence-electron chi connectivity index (χ1n) is 5.51. The maximum absolute atomic E-state index is 11.7. The molecular formula is C10H14N2O5S3. The molecule has 1 amide bonds. The largest absolute Gasteiger partial charge is 0.481 e. The molecule has 0 radical (unpaired) electrons. The van der Waals surface area contributed by atoms with Gasteiger partial charge in [-0.1, -0.05) is 6.07 Å². The standard InChI is InChI=1S/C10H14N2O5S3/c13-8(11-3-5-18-7-9(14)15)6-12-20(16,17)10-2-1-4-19-10/h1-2,4,12H,3,5-7H2,(H,11,13)(H,14,15). The molecule has 10 heteroatoms. The Kier molecular flexibility index (Phi) is 6.99. The number of hydrogen-bond donors (Lipinski definition) is 3. The molecule has 20 heavy (non-hydrogen) atoms. The van der Waals surface area contributed by atoms with Crippen LogP contribution < -0.4 is 10.0 Å². The molecule has 1 heterocycles. The molecule has 1 aromatic heterocycles. The predicted molar refractivity (Wildman–Crippen MR) is 77.5 cm³/mol. The molecule has 0 saturated heterocycles. The highest BCUT2D eigenvalue weighted by Crippen LogP contribution is 2.14. The molecular weight excluding hydrogens is 324 g/mol. The number of hydrogen-bond acceptors (Lipinski definition) is 6. The summed E-state index contributed by atoms with van der Waals surface area (Å²) in [6.07, 6.45) is 0. The summed E-state index contributed by atoms with van der Waals surface area (Å²) in [5, 5.41) is 12.5. The van der Waals surface area contributed by atoms with Gasteiger partial charge in [0.05, 0.1) is 12.3 Å². The van der Waals surface area contributed by atoms with E-state index < -0.39 is 21.9 Å². The van der Waals surface area contributed by atoms with Gasteiger partial charge in [-0.25, -0.2) is 13.1 Å². The summed E-state index contributed by atoms with van der Waals surface area (Å²) < 4.78 is 25.7. The van der Waals surface area contributed by atoms with Gasteiger partial charge in [-0.15, -0.1) is 23.1 Å². The minimum Gasteiger partial charge on any atom is -0.481 e. The number of rotatable bonds is 9. The van der Waals surface area contributed by atoms with Gasteiger partial charge in [0.1, 0.15) is 4.21 Å². The fourth-order valence-electron chi connectivity index (χ4n) is 1.13. The van der Waals surface area contributed by atoms with Gasteiger partial charge < -0.3 is 10.4 Å². The van der Waals surface area contributed by atoms with Gasteiger partial charge in [-0.2, -0.15) is 0 Å². The van der Waals surface area contributed by atoms with E-state index in [1.54, 1.807) is 11.4 Å². The fraction of sp³-hybridized carbons (Fsp3) is 0.400. The lowest BCUT2D eigenvalue weighted by molar-refractivity contribution is -0.133. The number of carboxylic acids is 1. The SMILES string of the molecule is O=C(O)CSCCNC(=O)CNS(=O)(=O)c1cccs1. The van der Waals surface area contributed by atoms with Gasteiger partial charge in [-0.05, 0) is 11.4 Å². The van der Waals surface area contributed by atoms with E-state index in [2.05, 4.69) is 10.0 Å². The number of aliphatic carboxylic acids is 1. The third-order valence-electron chi connectivity index (χ3n) is 1.98. The van der Waals surface area contributed by atoms with Crippen LogP contribution in [0.1, 0.15) is 0 Å². The number of amides is 1. The van der Waals surface area contributed by atoms with Crippen LogP contribution in [0.4, 0.5) is 0 Å². The summed E-state index contributed by atoms with van der Waals surface area (Å²) in [4.78, 5) is 21.6. The van der Waals surface area contributed by atoms with Crippen molar-refractivity contribution >= 4 is 45.0 Å². The van der Waals surface area contributed by atoms with E-state index in [0.29, 0.717) is 5.75 Å². The Balaban J connectivity index is 2.22. The summed E-state index contributed by atoms with van der Waals surface area (Å²) in [6.45, 7) is -0.0542. The molecule has 0 aliphatic heterocycles. The van der Waals surface area contributed by atoms with Crippen LogP contribution in [0.3, 0.4) is 0 Å². The zero-order chi connectivity index (χ0) is 15.0. The van der Waals surface area contributed by atoms with E-state index in [1.807, 2.05) is 0 Å². The van der Waals surface area contributed by atoms with Crippen molar-refractivity contribution in [3.05, 3.63) is 17.5 Å². The maximum atomic E-state index is 11.7. The van der Waals surface area contributed by atoms with Crippen LogP contribution in [0.25, 0.3) is 0 Å². The predicted octanol–water partition coefficient (Wildman–Crippen LogP) is -0.0396. The van der Waals surface area contributed by atoms with Crippen LogP contribution >= 0.6 is 23.1 Å². The van der Waals surface area contributed by atoms with E-state index >= 15 is 0 Å². The molecule has 0 aliphatic rings. The molecule has 0 aliphatic carbocycles. The van der Waals surface area contributed by atoms with Crippen LogP contribution in [0, 0.1) is 0 Å². The topological polar surface area (TPSA) is 113 Å². The summed E-state index contributed by atoms with van der Waals surface area (Å²) >= 11 is 2.24. The second kappa shape index (κ2) is 8.25. The van der Waals surface area contributed by atoms with Crippen LogP contribution in [-0.4, -0.2) is 50.0 Å². The average molecular weight is 338 g/mol. The van der Waals surface area contributed by atoms with E-state index in [4.69, 9.17) is 5.11 Å². The number of carboxylic acid groups (broad SMARTS) is 1. The molecule has 112 valence electrons. The van der Waals surface area contributed by atoms with Crippen molar-refractivity contribution in [2.24, 2.45) is 0 Å². The molecule has 7 nitrogen and oxygen atoms in total. The highest BCUT2D eigenvalue weighted by Gasteiger charge is 2.15. The Morgan fingerprint density at radius 3 is 2.75 bits per heavy atom. The lowest BCUT2D eigenvalue weighted by Crippen LogP contribution is -2.37. The number of thioether (sulfide) groups is 1. The number of carbonyl (C=O) groups is 2. The van der Waals surface area contributed by atoms with E-state index in [1.165, 1.54) is 17.8 Å². The van der Waals surface area contributed by atoms with Crippen molar-refractivity contribution in [2.75, 3.05) is 24.6 Å². The van der Waals surface area contributed by atoms with Crippen LogP contribution in [0.2, 0.25) is 0 Å². The second-order valence-electron chi connectivity index (χ2n) is 3.55. The lowest BCUT2D eigenvalue weighted by Gasteiger charge is -2.06. The lowest BCUT2D eigenvalue weighted by atomic mass is 10.6. The Labute approximate surface area is 124 Å². The van der Waals surface area contributed by atoms with Crippen LogP contribution in [-0.2, 0) is 19.6 Å². The molecule has 0 atom stereocenters. The molecule has 1 rings (SSSR count). The van der Waals surface area contributed by atoms with Crippen LogP contribution in [0.15, 0.2) is 21.7 Å². The van der Waals surface area contributed by atoms with Gasteiger partial charge in [0.2, 0.25) is 5.91 Å². The molecule has 0 spiro atoms. The number of sulfonamides is 1. The van der Waals surface area contributed by atoms with Crippen molar-refractivity contribution in [1.29, 1.82) is 0 Å². The first-order chi connectivity index (χ1) is 9.42. The van der Waals surface area contributed by atoms with E-state index in [-0.39, 0.29) is 23.1 Å². The van der Waals surface area contributed by atoms with Gasteiger partial charge in [0, 0.05) is 12.3 Å². The van der Waals surface area contributed by atoms with Crippen molar-refractivity contribution in [2.45, 2.75) is 4.21 Å². The quantitative estimate of drug-likeness (QED) is 0.545. The maximum Gasteiger partial charge on any atom is 0.313 e. The first-order valence-corrected chi connectivity index (χ1v) is 9.03. The monoisotopic (exact) mass is 338 g/mol. The van der Waals surface area contributed by atoms with Crippen molar-refractivity contribution in [3.63, 3.8) is 0 Å². The molecule has 3 N–H and O–H groups in total. The fourth-order valence-corrected chi connectivity index (χ4v) is 3.72. The van der Waals surface area contributed by atoms with Crippen molar-refractivity contribution in [3.8, 4) is 0 Å².